The second kappa shape index (κ2) is 9.10. The molecule has 0 saturated heterocycles. The van der Waals surface area contributed by atoms with Crippen LogP contribution in [0.2, 0.25) is 0 Å². The number of hydrogen-bond donors (Lipinski definition) is 0. The van der Waals surface area contributed by atoms with Crippen LogP contribution >= 0.6 is 11.6 Å². The fraction of sp³-hybridized carbons (Fsp3) is 1.00. The highest BCUT2D eigenvalue weighted by Crippen LogP contribution is 1.86. The van der Waals surface area contributed by atoms with Gasteiger partial charge in [-0.05, 0) is 17.4 Å². The number of alkyl halides is 1. The summed E-state index contributed by atoms with van der Waals surface area (Å²) in [5.41, 5.74) is 0. The molecule has 0 aliphatic rings. The fourth-order valence-corrected chi connectivity index (χ4v) is 0.401. The summed E-state index contributed by atoms with van der Waals surface area (Å²) in [5, 5.41) is 0. The van der Waals surface area contributed by atoms with Gasteiger partial charge in [-0.15, -0.1) is 11.6 Å². The molecule has 0 aromatic rings. The average Bonchev–Trinajstić information content (AvgIpc) is 1.41. The zero-order valence-corrected chi connectivity index (χ0v) is 4.26. The van der Waals surface area contributed by atoms with Crippen LogP contribution in [0.15, 0.2) is 0 Å². The normalized spacial score (nSPS) is 7.00. The third kappa shape index (κ3) is 8.82. The minimum atomic E-state index is 0. The highest BCUT2D eigenvalue weighted by molar-refractivity contribution is 6.17. The Morgan fingerprint density at radius 1 is 1.50 bits per heavy atom. The minimum Gasteiger partial charge on any atom is -0.127 e. The van der Waals surface area contributed by atoms with Gasteiger partial charge in [-0.25, -0.2) is 0 Å². The first-order valence-electron chi connectivity index (χ1n) is 1.97. The van der Waals surface area contributed by atoms with Gasteiger partial charge < -0.3 is 0 Å². The lowest BCUT2D eigenvalue weighted by Gasteiger charge is -1.77. The van der Waals surface area contributed by atoms with E-state index < -0.39 is 0 Å². The van der Waals surface area contributed by atoms with Crippen LogP contribution in [0.4, 0.5) is 0 Å². The average molecular weight is 125 g/mol. The van der Waals surface area contributed by atoms with Crippen LogP contribution in [0.1, 0.15) is 19.8 Å². The summed E-state index contributed by atoms with van der Waals surface area (Å²) in [7, 11) is 0. The molecule has 0 aliphatic carbocycles. The highest BCUT2D eigenvalue weighted by Gasteiger charge is 1.70. The Labute approximate surface area is 48.9 Å². The van der Waals surface area contributed by atoms with E-state index in [0.717, 1.165) is 12.3 Å². The third-order valence-electron chi connectivity index (χ3n) is 0.487. The molecule has 0 aromatic carbocycles. The van der Waals surface area contributed by atoms with Crippen LogP contribution in [0.3, 0.4) is 0 Å². The van der Waals surface area contributed by atoms with Crippen LogP contribution in [0, 0.1) is 0 Å². The Hall–Kier alpha value is 0.507. The predicted molar refractivity (Wildman–Crippen MR) is 37.0 cm³/mol. The molecule has 0 saturated carbocycles. The second-order valence-electron chi connectivity index (χ2n) is 1.04. The van der Waals surface area contributed by atoms with Crippen molar-refractivity contribution >= 4 is 22.6 Å². The summed E-state index contributed by atoms with van der Waals surface area (Å²) in [6.45, 7) is 2.13. The largest absolute Gasteiger partial charge is 0.127 e. The van der Waals surface area contributed by atoms with E-state index in [2.05, 4.69) is 6.92 Å². The second-order valence-corrected chi connectivity index (χ2v) is 1.42. The van der Waals surface area contributed by atoms with Crippen molar-refractivity contribution < 1.29 is 0 Å². The number of halogens is 1. The van der Waals surface area contributed by atoms with E-state index >= 15 is 0 Å². The van der Waals surface area contributed by atoms with Gasteiger partial charge in [0, 0.05) is 5.88 Å². The first-order chi connectivity index (χ1) is 2.41. The zero-order chi connectivity index (χ0) is 4.12. The summed E-state index contributed by atoms with van der Waals surface area (Å²) < 4.78 is 0. The summed E-state index contributed by atoms with van der Waals surface area (Å²) >= 11 is 5.30. The summed E-state index contributed by atoms with van der Waals surface area (Å²) in [5.74, 6) is 0.816. The molecule has 40 valence electrons. The van der Waals surface area contributed by atoms with Gasteiger partial charge in [-0.1, -0.05) is 13.3 Å². The van der Waals surface area contributed by atoms with Crippen molar-refractivity contribution in [3.8, 4) is 0 Å². The van der Waals surface area contributed by atoms with Gasteiger partial charge in [-0.2, -0.15) is 0 Å². The van der Waals surface area contributed by atoms with E-state index in [4.69, 9.17) is 11.6 Å². The maximum atomic E-state index is 5.30. The van der Waals surface area contributed by atoms with Crippen molar-refractivity contribution in [3.63, 3.8) is 0 Å². The van der Waals surface area contributed by atoms with Crippen molar-refractivity contribution in [2.75, 3.05) is 5.88 Å². The van der Waals surface area contributed by atoms with E-state index in [1.807, 2.05) is 0 Å². The molecular formula is C4H13ClSi. The fourth-order valence-electron chi connectivity index (χ4n) is 0.134. The summed E-state index contributed by atoms with van der Waals surface area (Å²) in [6, 6.07) is 0. The first kappa shape index (κ1) is 9.71. The van der Waals surface area contributed by atoms with Gasteiger partial charge >= 0.3 is 0 Å². The quantitative estimate of drug-likeness (QED) is 0.373. The zero-order valence-electron chi connectivity index (χ0n) is 3.50. The molecular weight excluding hydrogens is 112 g/mol. The summed E-state index contributed by atoms with van der Waals surface area (Å²) in [6.07, 6.45) is 2.37. The maximum Gasteiger partial charge on any atom is 0.0223 e. The molecule has 0 nitrogen and oxygen atoms in total. The third-order valence-corrected chi connectivity index (χ3v) is 0.754. The van der Waals surface area contributed by atoms with Crippen LogP contribution in [0.25, 0.3) is 0 Å². The monoisotopic (exact) mass is 124 g/mol. The van der Waals surface area contributed by atoms with Crippen LogP contribution in [-0.4, -0.2) is 16.8 Å². The molecule has 0 bridgehead atoms. The SMILES string of the molecule is CCCCCl.[SiH4]. The highest BCUT2D eigenvalue weighted by atomic mass is 35.5. The molecule has 0 atom stereocenters. The van der Waals surface area contributed by atoms with Crippen molar-refractivity contribution in [2.24, 2.45) is 0 Å². The molecule has 0 fully saturated rings. The van der Waals surface area contributed by atoms with Crippen molar-refractivity contribution in [3.05, 3.63) is 0 Å². The molecule has 0 unspecified atom stereocenters. The number of rotatable bonds is 2. The molecule has 0 rings (SSSR count). The number of hydrogen-bond acceptors (Lipinski definition) is 0. The molecule has 0 aliphatic heterocycles. The Balaban J connectivity index is 0. The van der Waals surface area contributed by atoms with E-state index in [-0.39, 0.29) is 11.0 Å². The van der Waals surface area contributed by atoms with E-state index in [1.165, 1.54) is 6.42 Å². The first-order valence-corrected chi connectivity index (χ1v) is 2.51. The van der Waals surface area contributed by atoms with E-state index in [9.17, 15) is 0 Å². The van der Waals surface area contributed by atoms with Gasteiger partial charge in [-0.3, -0.25) is 0 Å². The Morgan fingerprint density at radius 3 is 2.00 bits per heavy atom. The molecule has 0 N–H and O–H groups in total. The van der Waals surface area contributed by atoms with Gasteiger partial charge in [0.25, 0.3) is 0 Å². The van der Waals surface area contributed by atoms with Crippen molar-refractivity contribution in [1.29, 1.82) is 0 Å². The van der Waals surface area contributed by atoms with Gasteiger partial charge in [0.1, 0.15) is 0 Å². The lowest BCUT2D eigenvalue weighted by Crippen LogP contribution is -1.65. The van der Waals surface area contributed by atoms with Crippen molar-refractivity contribution in [2.45, 2.75) is 19.8 Å². The van der Waals surface area contributed by atoms with Gasteiger partial charge in [0.2, 0.25) is 0 Å². The molecule has 0 radical (unpaired) electrons. The van der Waals surface area contributed by atoms with Crippen LogP contribution in [-0.2, 0) is 0 Å². The smallest absolute Gasteiger partial charge is 0.0223 e. The standard InChI is InChI=1S/C4H9Cl.H4Si/c1-2-3-4-5;/h2-4H2,1H3;1H4. The Morgan fingerprint density at radius 2 is 2.00 bits per heavy atom. The lowest BCUT2D eigenvalue weighted by molar-refractivity contribution is 0.892. The molecule has 0 heterocycles. The molecule has 2 heteroatoms. The molecule has 0 spiro atoms. The molecule has 6 heavy (non-hydrogen) atoms. The lowest BCUT2D eigenvalue weighted by atomic mass is 10.4. The Kier molecular flexibility index (Phi) is 14.7. The van der Waals surface area contributed by atoms with Crippen LogP contribution < -0.4 is 0 Å². The Bertz CT molecular complexity index is 15.0. The van der Waals surface area contributed by atoms with Crippen molar-refractivity contribution in [1.82, 2.24) is 0 Å². The van der Waals surface area contributed by atoms with E-state index in [1.54, 1.807) is 0 Å². The predicted octanol–water partition coefficient (Wildman–Crippen LogP) is 0.574. The minimum absolute atomic E-state index is 0. The summed E-state index contributed by atoms with van der Waals surface area (Å²) in [4.78, 5) is 0. The maximum absolute atomic E-state index is 5.30. The van der Waals surface area contributed by atoms with Gasteiger partial charge in [0.05, 0.1) is 0 Å². The van der Waals surface area contributed by atoms with E-state index in [0.29, 0.717) is 0 Å². The topological polar surface area (TPSA) is 0 Å². The molecule has 0 amide bonds. The van der Waals surface area contributed by atoms with Crippen LogP contribution in [0.5, 0.6) is 0 Å². The number of unbranched alkanes of at least 4 members (excludes halogenated alkanes) is 1. The van der Waals surface area contributed by atoms with Gasteiger partial charge in [0.15, 0.2) is 0 Å². The molecule has 0 aromatic heterocycles.